The van der Waals surface area contributed by atoms with E-state index in [9.17, 15) is 9.59 Å². The van der Waals surface area contributed by atoms with Crippen molar-refractivity contribution < 1.29 is 14.3 Å². The summed E-state index contributed by atoms with van der Waals surface area (Å²) in [4.78, 5) is 30.1. The highest BCUT2D eigenvalue weighted by Gasteiger charge is 2.31. The lowest BCUT2D eigenvalue weighted by molar-refractivity contribution is 0.0526. The minimum Gasteiger partial charge on any atom is -0.462 e. The number of para-hydroxylation sites is 1. The number of fused-ring (bicyclic) bond motifs is 2. The second-order valence-corrected chi connectivity index (χ2v) is 9.74. The first-order valence-corrected chi connectivity index (χ1v) is 12.0. The van der Waals surface area contributed by atoms with Gasteiger partial charge in [0.15, 0.2) is 0 Å². The molecule has 1 aromatic carbocycles. The van der Waals surface area contributed by atoms with Crippen LogP contribution < -0.4 is 10.2 Å². The Hall–Kier alpha value is -1.99. The van der Waals surface area contributed by atoms with Crippen LogP contribution in [0.15, 0.2) is 29.2 Å². The number of benzene rings is 1. The van der Waals surface area contributed by atoms with E-state index in [0.717, 1.165) is 48.3 Å². The largest absolute Gasteiger partial charge is 0.462 e. The van der Waals surface area contributed by atoms with Crippen LogP contribution in [-0.2, 0) is 17.6 Å². The number of anilines is 2. The zero-order valence-corrected chi connectivity index (χ0v) is 18.5. The Labute approximate surface area is 179 Å². The molecular weight excluding hydrogens is 404 g/mol. The summed E-state index contributed by atoms with van der Waals surface area (Å²) >= 11 is 3.36. The Kier molecular flexibility index (Phi) is 6.15. The molecule has 29 heavy (non-hydrogen) atoms. The topological polar surface area (TPSA) is 58.6 Å². The maximum atomic E-state index is 13.3. The van der Waals surface area contributed by atoms with Crippen molar-refractivity contribution in [2.75, 3.05) is 23.4 Å². The van der Waals surface area contributed by atoms with Gasteiger partial charge in [-0.15, -0.1) is 23.1 Å². The average molecular weight is 431 g/mol. The first kappa shape index (κ1) is 20.3. The minimum atomic E-state index is -0.330. The van der Waals surface area contributed by atoms with E-state index in [1.807, 2.05) is 41.8 Å². The van der Waals surface area contributed by atoms with Crippen LogP contribution in [0.1, 0.15) is 53.9 Å². The number of aryl methyl sites for hydroxylation is 1. The summed E-state index contributed by atoms with van der Waals surface area (Å²) in [5.41, 5.74) is 2.56. The molecule has 1 aromatic heterocycles. The van der Waals surface area contributed by atoms with Crippen LogP contribution in [0, 0.1) is 0 Å². The fraction of sp³-hybridized carbons (Fsp3) is 0.455. The van der Waals surface area contributed by atoms with Gasteiger partial charge in [0.25, 0.3) is 0 Å². The number of hydrogen-bond acceptors (Lipinski definition) is 5. The summed E-state index contributed by atoms with van der Waals surface area (Å²) in [5, 5.41) is 4.04. The smallest absolute Gasteiger partial charge is 0.341 e. The summed E-state index contributed by atoms with van der Waals surface area (Å²) in [7, 11) is 0. The fourth-order valence-corrected chi connectivity index (χ4v) is 6.41. The summed E-state index contributed by atoms with van der Waals surface area (Å²) < 4.78 is 5.31. The molecule has 1 aliphatic heterocycles. The first-order chi connectivity index (χ1) is 14.1. The molecule has 0 unspecified atom stereocenters. The van der Waals surface area contributed by atoms with Crippen LogP contribution in [0.5, 0.6) is 0 Å². The molecule has 1 atom stereocenters. The van der Waals surface area contributed by atoms with Gasteiger partial charge in [-0.1, -0.05) is 19.1 Å². The molecule has 0 spiro atoms. The highest BCUT2D eigenvalue weighted by molar-refractivity contribution is 8.00. The first-order valence-electron chi connectivity index (χ1n) is 10.3. The van der Waals surface area contributed by atoms with Crippen molar-refractivity contribution in [3.63, 3.8) is 0 Å². The van der Waals surface area contributed by atoms with E-state index in [1.54, 1.807) is 0 Å². The summed E-state index contributed by atoms with van der Waals surface area (Å²) in [5.74, 6) is -0.330. The van der Waals surface area contributed by atoms with Crippen LogP contribution in [0.3, 0.4) is 0 Å². The van der Waals surface area contributed by atoms with E-state index < -0.39 is 0 Å². The molecule has 0 fully saturated rings. The molecule has 1 aliphatic carbocycles. The van der Waals surface area contributed by atoms with E-state index in [2.05, 4.69) is 18.3 Å². The number of nitrogens with zero attached hydrogens (tertiary/aromatic N) is 1. The van der Waals surface area contributed by atoms with Crippen LogP contribution in [0.4, 0.5) is 15.5 Å². The van der Waals surface area contributed by atoms with Crippen molar-refractivity contribution >= 4 is 45.8 Å². The second kappa shape index (κ2) is 8.79. The van der Waals surface area contributed by atoms with E-state index in [4.69, 9.17) is 4.74 Å². The SMILES string of the molecule is CCOC(=O)c1c(NC(=O)N2C[C@@H](CC)Sc3ccccc32)sc2c1CCCC2. The predicted molar refractivity (Wildman–Crippen MR) is 120 cm³/mol. The number of carbonyl (C=O) groups is 2. The van der Waals surface area contributed by atoms with Crippen molar-refractivity contribution in [3.8, 4) is 0 Å². The van der Waals surface area contributed by atoms with Gasteiger partial charge in [-0.25, -0.2) is 9.59 Å². The lowest BCUT2D eigenvalue weighted by atomic mass is 9.95. The predicted octanol–water partition coefficient (Wildman–Crippen LogP) is 5.73. The third-order valence-corrected chi connectivity index (χ3v) is 8.03. The third-order valence-electron chi connectivity index (χ3n) is 5.41. The number of thiophene rings is 1. The molecule has 2 aromatic rings. The molecule has 2 amide bonds. The van der Waals surface area contributed by atoms with E-state index in [1.165, 1.54) is 16.2 Å². The molecule has 0 saturated carbocycles. The van der Waals surface area contributed by atoms with Gasteiger partial charge in [0.2, 0.25) is 0 Å². The molecule has 7 heteroatoms. The molecule has 0 bridgehead atoms. The highest BCUT2D eigenvalue weighted by atomic mass is 32.2. The number of esters is 1. The summed E-state index contributed by atoms with van der Waals surface area (Å²) in [6, 6.07) is 7.84. The second-order valence-electron chi connectivity index (χ2n) is 7.29. The van der Waals surface area contributed by atoms with E-state index in [0.29, 0.717) is 29.0 Å². The number of carbonyl (C=O) groups excluding carboxylic acids is 2. The fourth-order valence-electron chi connectivity index (χ4n) is 3.94. The van der Waals surface area contributed by atoms with Crippen LogP contribution in [0.25, 0.3) is 0 Å². The molecule has 2 heterocycles. The van der Waals surface area contributed by atoms with Crippen LogP contribution in [0.2, 0.25) is 0 Å². The van der Waals surface area contributed by atoms with Crippen molar-refractivity contribution in [2.24, 2.45) is 0 Å². The molecular formula is C22H26N2O3S2. The van der Waals surface area contributed by atoms with Gasteiger partial charge in [-0.05, 0) is 56.7 Å². The van der Waals surface area contributed by atoms with Gasteiger partial charge >= 0.3 is 12.0 Å². The maximum Gasteiger partial charge on any atom is 0.341 e. The molecule has 4 rings (SSSR count). The van der Waals surface area contributed by atoms with Crippen LogP contribution in [-0.4, -0.2) is 30.4 Å². The Balaban J connectivity index is 1.65. The highest BCUT2D eigenvalue weighted by Crippen LogP contribution is 2.41. The number of ether oxygens (including phenoxy) is 1. The van der Waals surface area contributed by atoms with E-state index in [-0.39, 0.29) is 12.0 Å². The van der Waals surface area contributed by atoms with Crippen LogP contribution >= 0.6 is 23.1 Å². The Morgan fingerprint density at radius 1 is 1.21 bits per heavy atom. The lowest BCUT2D eigenvalue weighted by Gasteiger charge is -2.33. The van der Waals surface area contributed by atoms with Crippen molar-refractivity contribution in [1.29, 1.82) is 0 Å². The molecule has 5 nitrogen and oxygen atoms in total. The Morgan fingerprint density at radius 3 is 2.79 bits per heavy atom. The standard InChI is InChI=1S/C22H26N2O3S2/c1-3-14-13-24(16-10-6-8-12-18(16)28-14)22(26)23-20-19(21(25)27-4-2)15-9-5-7-11-17(15)29-20/h6,8,10,12,14H,3-5,7,9,11,13H2,1-2H3,(H,23,26)/t14-/m1/s1. The normalized spacial score (nSPS) is 18.0. The number of nitrogens with one attached hydrogen (secondary N) is 1. The maximum absolute atomic E-state index is 13.3. The average Bonchev–Trinajstić information content (AvgIpc) is 3.10. The van der Waals surface area contributed by atoms with Gasteiger partial charge in [0, 0.05) is 21.6 Å². The molecule has 0 radical (unpaired) electrons. The van der Waals surface area contributed by atoms with Crippen molar-refractivity contribution in [1.82, 2.24) is 0 Å². The van der Waals surface area contributed by atoms with Crippen molar-refractivity contribution in [2.45, 2.75) is 56.1 Å². The lowest BCUT2D eigenvalue weighted by Crippen LogP contribution is -2.42. The zero-order chi connectivity index (χ0) is 20.4. The van der Waals surface area contributed by atoms with Gasteiger partial charge in [0.1, 0.15) is 5.00 Å². The summed E-state index contributed by atoms with van der Waals surface area (Å²) in [6.45, 7) is 4.94. The molecule has 2 aliphatic rings. The van der Waals surface area contributed by atoms with Gasteiger partial charge in [-0.3, -0.25) is 10.2 Å². The number of rotatable bonds is 4. The minimum absolute atomic E-state index is 0.180. The number of urea groups is 1. The third kappa shape index (κ3) is 4.03. The van der Waals surface area contributed by atoms with Gasteiger partial charge in [-0.2, -0.15) is 0 Å². The monoisotopic (exact) mass is 430 g/mol. The quantitative estimate of drug-likeness (QED) is 0.630. The molecule has 154 valence electrons. The van der Waals surface area contributed by atoms with Gasteiger partial charge < -0.3 is 4.74 Å². The number of hydrogen-bond donors (Lipinski definition) is 1. The van der Waals surface area contributed by atoms with Gasteiger partial charge in [0.05, 0.1) is 17.9 Å². The summed E-state index contributed by atoms with van der Waals surface area (Å²) in [6.07, 6.45) is 5.01. The number of thioether (sulfide) groups is 1. The zero-order valence-electron chi connectivity index (χ0n) is 16.8. The van der Waals surface area contributed by atoms with Crippen molar-refractivity contribution in [3.05, 3.63) is 40.3 Å². The molecule has 1 N–H and O–H groups in total. The molecule has 0 saturated heterocycles. The van der Waals surface area contributed by atoms with E-state index >= 15 is 0 Å². The number of amides is 2. The Morgan fingerprint density at radius 2 is 2.00 bits per heavy atom. The Bertz CT molecular complexity index is 925.